The standard InChI is InChI=1S/C16H16ClF2NO/c1-10(14-8-13(18)5-6-16(14)21-2)20-9-11-3-4-12(17)7-15(11)19/h3-8,10,20H,9H2,1-2H3. The predicted octanol–water partition coefficient (Wildman–Crippen LogP) is 4.48. The molecule has 0 spiro atoms. The summed E-state index contributed by atoms with van der Waals surface area (Å²) in [5.41, 5.74) is 1.19. The smallest absolute Gasteiger partial charge is 0.129 e. The number of hydrogen-bond acceptors (Lipinski definition) is 2. The number of nitrogens with one attached hydrogen (secondary N) is 1. The zero-order chi connectivity index (χ0) is 15.4. The molecule has 2 aromatic carbocycles. The van der Waals surface area contributed by atoms with Crippen molar-refractivity contribution in [3.05, 3.63) is 64.2 Å². The molecule has 0 aromatic heterocycles. The highest BCUT2D eigenvalue weighted by Crippen LogP contribution is 2.26. The fourth-order valence-corrected chi connectivity index (χ4v) is 2.24. The van der Waals surface area contributed by atoms with Crippen LogP contribution in [0, 0.1) is 11.6 Å². The van der Waals surface area contributed by atoms with E-state index < -0.39 is 0 Å². The van der Waals surface area contributed by atoms with Crippen LogP contribution in [0.2, 0.25) is 5.02 Å². The molecule has 112 valence electrons. The highest BCUT2D eigenvalue weighted by atomic mass is 35.5. The van der Waals surface area contributed by atoms with Gasteiger partial charge < -0.3 is 10.1 Å². The maximum Gasteiger partial charge on any atom is 0.129 e. The summed E-state index contributed by atoms with van der Waals surface area (Å²) in [6.45, 7) is 2.18. The molecule has 1 atom stereocenters. The van der Waals surface area contributed by atoms with E-state index in [-0.39, 0.29) is 17.7 Å². The molecule has 0 saturated heterocycles. The summed E-state index contributed by atoms with van der Waals surface area (Å²) in [4.78, 5) is 0. The second-order valence-corrected chi connectivity index (χ2v) is 5.16. The molecule has 0 saturated carbocycles. The first kappa shape index (κ1) is 15.7. The average molecular weight is 312 g/mol. The molecule has 0 heterocycles. The van der Waals surface area contributed by atoms with E-state index >= 15 is 0 Å². The maximum absolute atomic E-state index is 13.7. The van der Waals surface area contributed by atoms with Crippen LogP contribution in [-0.2, 0) is 6.54 Å². The van der Waals surface area contributed by atoms with Gasteiger partial charge in [-0.3, -0.25) is 0 Å². The molecule has 1 N–H and O–H groups in total. The van der Waals surface area contributed by atoms with Gasteiger partial charge >= 0.3 is 0 Å². The molecule has 21 heavy (non-hydrogen) atoms. The van der Waals surface area contributed by atoms with Gasteiger partial charge in [-0.2, -0.15) is 0 Å². The molecule has 1 unspecified atom stereocenters. The van der Waals surface area contributed by atoms with E-state index in [9.17, 15) is 8.78 Å². The quantitative estimate of drug-likeness (QED) is 0.879. The molecule has 0 radical (unpaired) electrons. The summed E-state index contributed by atoms with van der Waals surface area (Å²) >= 11 is 5.71. The van der Waals surface area contributed by atoms with E-state index in [0.29, 0.717) is 28.4 Å². The van der Waals surface area contributed by atoms with Crippen LogP contribution in [0.1, 0.15) is 24.1 Å². The molecule has 2 aromatic rings. The van der Waals surface area contributed by atoms with Crippen molar-refractivity contribution in [3.63, 3.8) is 0 Å². The molecule has 5 heteroatoms. The van der Waals surface area contributed by atoms with E-state index in [1.54, 1.807) is 18.2 Å². The van der Waals surface area contributed by atoms with E-state index in [4.69, 9.17) is 16.3 Å². The maximum atomic E-state index is 13.7. The van der Waals surface area contributed by atoms with E-state index in [2.05, 4.69) is 5.32 Å². The number of ether oxygens (including phenoxy) is 1. The third-order valence-electron chi connectivity index (χ3n) is 3.27. The van der Waals surface area contributed by atoms with Crippen molar-refractivity contribution in [3.8, 4) is 5.75 Å². The molecule has 2 rings (SSSR count). The molecule has 0 aliphatic heterocycles. The van der Waals surface area contributed by atoms with Gasteiger partial charge in [0.1, 0.15) is 17.4 Å². The highest BCUT2D eigenvalue weighted by molar-refractivity contribution is 6.30. The minimum absolute atomic E-state index is 0.189. The minimum Gasteiger partial charge on any atom is -0.496 e. The zero-order valence-electron chi connectivity index (χ0n) is 11.8. The van der Waals surface area contributed by atoms with Crippen molar-refractivity contribution >= 4 is 11.6 Å². The minimum atomic E-state index is -0.367. The topological polar surface area (TPSA) is 21.3 Å². The fourth-order valence-electron chi connectivity index (χ4n) is 2.08. The Morgan fingerprint density at radius 1 is 1.19 bits per heavy atom. The molecular formula is C16H16ClF2NO. The third-order valence-corrected chi connectivity index (χ3v) is 3.51. The van der Waals surface area contributed by atoms with Crippen LogP contribution >= 0.6 is 11.6 Å². The lowest BCUT2D eigenvalue weighted by Crippen LogP contribution is -2.19. The Morgan fingerprint density at radius 3 is 2.62 bits per heavy atom. The average Bonchev–Trinajstić information content (AvgIpc) is 2.46. The molecule has 0 fully saturated rings. The lowest BCUT2D eigenvalue weighted by Gasteiger charge is -2.17. The number of hydrogen-bond donors (Lipinski definition) is 1. The predicted molar refractivity (Wildman–Crippen MR) is 79.6 cm³/mol. The Labute approximate surface area is 127 Å². The summed E-state index contributed by atoms with van der Waals surface area (Å²) in [7, 11) is 1.53. The monoisotopic (exact) mass is 311 g/mol. The number of methoxy groups -OCH3 is 1. The van der Waals surface area contributed by atoms with Gasteiger partial charge in [0.25, 0.3) is 0 Å². The largest absolute Gasteiger partial charge is 0.496 e. The fraction of sp³-hybridized carbons (Fsp3) is 0.250. The summed E-state index contributed by atoms with van der Waals surface area (Å²) in [6.07, 6.45) is 0. The number of halogens is 3. The zero-order valence-corrected chi connectivity index (χ0v) is 12.5. The Kier molecular flexibility index (Phi) is 5.15. The Hall–Kier alpha value is -1.65. The van der Waals surface area contributed by atoms with Crippen LogP contribution in [0.3, 0.4) is 0 Å². The first-order chi connectivity index (χ1) is 10.0. The van der Waals surface area contributed by atoms with Crippen LogP contribution in [0.5, 0.6) is 5.75 Å². The van der Waals surface area contributed by atoms with Crippen molar-refractivity contribution in [2.24, 2.45) is 0 Å². The lowest BCUT2D eigenvalue weighted by atomic mass is 10.1. The van der Waals surface area contributed by atoms with Crippen molar-refractivity contribution in [1.82, 2.24) is 5.32 Å². The van der Waals surface area contributed by atoms with Crippen molar-refractivity contribution in [2.45, 2.75) is 19.5 Å². The summed E-state index contributed by atoms with van der Waals surface area (Å²) in [6, 6.07) is 8.67. The second-order valence-electron chi connectivity index (χ2n) is 4.72. The van der Waals surface area contributed by atoms with E-state index in [1.165, 1.54) is 25.3 Å². The Morgan fingerprint density at radius 2 is 1.95 bits per heavy atom. The van der Waals surface area contributed by atoms with Crippen LogP contribution < -0.4 is 10.1 Å². The summed E-state index contributed by atoms with van der Waals surface area (Å²) < 4.78 is 32.3. The van der Waals surface area contributed by atoms with Gasteiger partial charge in [0.2, 0.25) is 0 Å². The molecule has 0 amide bonds. The summed E-state index contributed by atoms with van der Waals surface area (Å²) in [5.74, 6) is -0.112. The third kappa shape index (κ3) is 3.93. The SMILES string of the molecule is COc1ccc(F)cc1C(C)NCc1ccc(Cl)cc1F. The lowest BCUT2D eigenvalue weighted by molar-refractivity contribution is 0.399. The van der Waals surface area contributed by atoms with Crippen molar-refractivity contribution in [2.75, 3.05) is 7.11 Å². The van der Waals surface area contributed by atoms with Gasteiger partial charge in [0, 0.05) is 28.7 Å². The second kappa shape index (κ2) is 6.87. The van der Waals surface area contributed by atoms with Gasteiger partial charge in [-0.25, -0.2) is 8.78 Å². The van der Waals surface area contributed by atoms with E-state index in [0.717, 1.165) is 0 Å². The molecule has 0 aliphatic rings. The van der Waals surface area contributed by atoms with Crippen molar-refractivity contribution < 1.29 is 13.5 Å². The number of benzene rings is 2. The van der Waals surface area contributed by atoms with Gasteiger partial charge in [0.05, 0.1) is 7.11 Å². The number of rotatable bonds is 5. The van der Waals surface area contributed by atoms with Gasteiger partial charge in [0.15, 0.2) is 0 Å². The normalized spacial score (nSPS) is 12.2. The van der Waals surface area contributed by atoms with Crippen LogP contribution in [0.15, 0.2) is 36.4 Å². The molecule has 0 aliphatic carbocycles. The molecule has 0 bridgehead atoms. The Balaban J connectivity index is 2.11. The Bertz CT molecular complexity index is 634. The first-order valence-corrected chi connectivity index (χ1v) is 6.90. The van der Waals surface area contributed by atoms with Crippen molar-refractivity contribution in [1.29, 1.82) is 0 Å². The molecule has 2 nitrogen and oxygen atoms in total. The van der Waals surface area contributed by atoms with Gasteiger partial charge in [-0.05, 0) is 37.3 Å². The van der Waals surface area contributed by atoms with E-state index in [1.807, 2.05) is 6.92 Å². The van der Waals surface area contributed by atoms with Crippen LogP contribution in [0.25, 0.3) is 0 Å². The van der Waals surface area contributed by atoms with Crippen LogP contribution in [0.4, 0.5) is 8.78 Å². The van der Waals surface area contributed by atoms with Gasteiger partial charge in [-0.1, -0.05) is 17.7 Å². The van der Waals surface area contributed by atoms with Crippen LogP contribution in [-0.4, -0.2) is 7.11 Å². The highest BCUT2D eigenvalue weighted by Gasteiger charge is 2.13. The van der Waals surface area contributed by atoms with Gasteiger partial charge in [-0.15, -0.1) is 0 Å². The molecular weight excluding hydrogens is 296 g/mol. The summed E-state index contributed by atoms with van der Waals surface area (Å²) in [5, 5.41) is 3.51. The first-order valence-electron chi connectivity index (χ1n) is 6.52.